The topological polar surface area (TPSA) is 79.7 Å². The van der Waals surface area contributed by atoms with Gasteiger partial charge in [-0.25, -0.2) is 9.07 Å². The summed E-state index contributed by atoms with van der Waals surface area (Å²) in [6, 6.07) is 12.7. The van der Waals surface area contributed by atoms with E-state index in [4.69, 9.17) is 0 Å². The number of H-pyrrole nitrogens is 1. The van der Waals surface area contributed by atoms with Gasteiger partial charge in [-0.2, -0.15) is 0 Å². The molecule has 0 amide bonds. The minimum absolute atomic E-state index is 0.114. The predicted octanol–water partition coefficient (Wildman–Crippen LogP) is 5.26. The van der Waals surface area contributed by atoms with Gasteiger partial charge in [0.25, 0.3) is 5.56 Å². The maximum absolute atomic E-state index is 13.6. The molecule has 1 aliphatic carbocycles. The molecule has 37 heavy (non-hydrogen) atoms. The first-order valence-electron chi connectivity index (χ1n) is 13.1. The fourth-order valence-corrected chi connectivity index (χ4v) is 6.03. The van der Waals surface area contributed by atoms with E-state index in [9.17, 15) is 9.18 Å². The van der Waals surface area contributed by atoms with E-state index in [0.29, 0.717) is 12.1 Å². The monoisotopic (exact) mass is 498 g/mol. The van der Waals surface area contributed by atoms with Crippen molar-refractivity contribution < 1.29 is 4.39 Å². The van der Waals surface area contributed by atoms with Crippen molar-refractivity contribution in [2.45, 2.75) is 58.0 Å². The molecule has 1 atom stereocenters. The largest absolute Gasteiger partial charge is 0.322 e. The SMILES string of the molecule is Cc1cc(C)c2cc(C(c3nnnn3C3CCCC3)N3CC=C(c4ccc(F)cc4)CC3)c(=O)[nH]c2c1. The summed E-state index contributed by atoms with van der Waals surface area (Å²) in [4.78, 5) is 19.0. The van der Waals surface area contributed by atoms with Crippen LogP contribution in [0.15, 0.2) is 53.3 Å². The summed E-state index contributed by atoms with van der Waals surface area (Å²) < 4.78 is 15.4. The van der Waals surface area contributed by atoms with Gasteiger partial charge in [0.1, 0.15) is 11.9 Å². The second kappa shape index (κ2) is 9.67. The highest BCUT2D eigenvalue weighted by Crippen LogP contribution is 2.36. The summed E-state index contributed by atoms with van der Waals surface area (Å²) in [5, 5.41) is 14.0. The Kier molecular flexibility index (Phi) is 6.20. The highest BCUT2D eigenvalue weighted by atomic mass is 19.1. The normalized spacial score (nSPS) is 17.9. The molecule has 1 N–H and O–H groups in total. The molecule has 0 spiro atoms. The number of nitrogens with one attached hydrogen (secondary N) is 1. The number of hydrogen-bond donors (Lipinski definition) is 1. The van der Waals surface area contributed by atoms with Gasteiger partial charge in [0, 0.05) is 29.6 Å². The third-order valence-corrected chi connectivity index (χ3v) is 7.89. The Balaban J connectivity index is 1.44. The zero-order valence-electron chi connectivity index (χ0n) is 21.2. The Morgan fingerprint density at radius 2 is 1.86 bits per heavy atom. The fraction of sp³-hybridized carbons (Fsp3) is 0.379. The van der Waals surface area contributed by atoms with Crippen LogP contribution < -0.4 is 5.56 Å². The number of pyridine rings is 1. The molecule has 190 valence electrons. The molecule has 0 bridgehead atoms. The Hall–Kier alpha value is -3.65. The Morgan fingerprint density at radius 1 is 1.08 bits per heavy atom. The number of aryl methyl sites for hydroxylation is 2. The lowest BCUT2D eigenvalue weighted by molar-refractivity contribution is 0.229. The average molecular weight is 499 g/mol. The van der Waals surface area contributed by atoms with Crippen LogP contribution >= 0.6 is 0 Å². The molecule has 2 aliphatic rings. The van der Waals surface area contributed by atoms with Crippen LogP contribution in [-0.2, 0) is 0 Å². The van der Waals surface area contributed by atoms with Crippen LogP contribution in [0, 0.1) is 19.7 Å². The minimum atomic E-state index is -0.379. The number of aromatic amines is 1. The molecule has 1 unspecified atom stereocenters. The van der Waals surface area contributed by atoms with Gasteiger partial charge in [-0.1, -0.05) is 37.1 Å². The van der Waals surface area contributed by atoms with Gasteiger partial charge in [0.15, 0.2) is 5.82 Å². The van der Waals surface area contributed by atoms with Crippen molar-refractivity contribution in [2.24, 2.45) is 0 Å². The van der Waals surface area contributed by atoms with E-state index in [1.54, 1.807) is 0 Å². The Bertz CT molecular complexity index is 1530. The minimum Gasteiger partial charge on any atom is -0.322 e. The number of halogens is 1. The zero-order chi connectivity index (χ0) is 25.5. The smallest absolute Gasteiger partial charge is 0.253 e. The predicted molar refractivity (Wildman–Crippen MR) is 142 cm³/mol. The Morgan fingerprint density at radius 3 is 2.59 bits per heavy atom. The van der Waals surface area contributed by atoms with Crippen molar-refractivity contribution in [3.8, 4) is 0 Å². The molecule has 1 fully saturated rings. The van der Waals surface area contributed by atoms with Gasteiger partial charge in [0.2, 0.25) is 0 Å². The van der Waals surface area contributed by atoms with Gasteiger partial charge in [0.05, 0.1) is 6.04 Å². The van der Waals surface area contributed by atoms with E-state index in [1.165, 1.54) is 17.7 Å². The Labute approximate surface area is 215 Å². The van der Waals surface area contributed by atoms with Crippen molar-refractivity contribution in [1.29, 1.82) is 0 Å². The number of rotatable bonds is 5. The number of hydrogen-bond acceptors (Lipinski definition) is 5. The summed E-state index contributed by atoms with van der Waals surface area (Å²) >= 11 is 0. The summed E-state index contributed by atoms with van der Waals surface area (Å²) in [6.07, 6.45) is 7.39. The first-order valence-corrected chi connectivity index (χ1v) is 13.1. The lowest BCUT2D eigenvalue weighted by Crippen LogP contribution is -2.38. The lowest BCUT2D eigenvalue weighted by Gasteiger charge is -2.33. The second-order valence-corrected chi connectivity index (χ2v) is 10.4. The van der Waals surface area contributed by atoms with Crippen LogP contribution in [0.3, 0.4) is 0 Å². The maximum atomic E-state index is 13.6. The molecular weight excluding hydrogens is 467 g/mol. The fourth-order valence-electron chi connectivity index (χ4n) is 6.03. The van der Waals surface area contributed by atoms with Gasteiger partial charge in [-0.3, -0.25) is 9.69 Å². The van der Waals surface area contributed by atoms with Crippen LogP contribution in [0.4, 0.5) is 4.39 Å². The molecular formula is C29H31FN6O. The van der Waals surface area contributed by atoms with E-state index in [-0.39, 0.29) is 23.5 Å². The van der Waals surface area contributed by atoms with Crippen LogP contribution in [0.1, 0.15) is 72.3 Å². The van der Waals surface area contributed by atoms with Crippen molar-refractivity contribution in [3.05, 3.63) is 92.8 Å². The average Bonchev–Trinajstić information content (AvgIpc) is 3.58. The molecule has 6 rings (SSSR count). The maximum Gasteiger partial charge on any atom is 0.253 e. The first kappa shape index (κ1) is 23.7. The molecule has 8 heteroatoms. The summed E-state index contributed by atoms with van der Waals surface area (Å²) in [5.41, 5.74) is 5.84. The number of fused-ring (bicyclic) bond motifs is 1. The van der Waals surface area contributed by atoms with E-state index in [1.807, 2.05) is 35.9 Å². The highest BCUT2D eigenvalue weighted by Gasteiger charge is 2.34. The van der Waals surface area contributed by atoms with Gasteiger partial charge < -0.3 is 4.98 Å². The van der Waals surface area contributed by atoms with E-state index in [0.717, 1.165) is 72.1 Å². The molecule has 1 saturated carbocycles. The number of nitrogens with zero attached hydrogens (tertiary/aromatic N) is 5. The quantitative estimate of drug-likeness (QED) is 0.406. The summed E-state index contributed by atoms with van der Waals surface area (Å²) in [5.74, 6) is 0.488. The van der Waals surface area contributed by atoms with Crippen LogP contribution in [-0.4, -0.2) is 43.2 Å². The highest BCUT2D eigenvalue weighted by molar-refractivity contribution is 5.83. The lowest BCUT2D eigenvalue weighted by atomic mass is 9.95. The third-order valence-electron chi connectivity index (χ3n) is 7.89. The van der Waals surface area contributed by atoms with E-state index >= 15 is 0 Å². The summed E-state index contributed by atoms with van der Waals surface area (Å²) in [7, 11) is 0. The van der Waals surface area contributed by atoms with E-state index < -0.39 is 0 Å². The molecule has 3 heterocycles. The zero-order valence-corrected chi connectivity index (χ0v) is 21.2. The van der Waals surface area contributed by atoms with Crippen molar-refractivity contribution in [1.82, 2.24) is 30.1 Å². The van der Waals surface area contributed by atoms with Crippen LogP contribution in [0.5, 0.6) is 0 Å². The molecule has 0 radical (unpaired) electrons. The third kappa shape index (κ3) is 4.50. The van der Waals surface area contributed by atoms with Crippen LogP contribution in [0.2, 0.25) is 0 Å². The molecule has 2 aromatic heterocycles. The van der Waals surface area contributed by atoms with Crippen molar-refractivity contribution in [3.63, 3.8) is 0 Å². The van der Waals surface area contributed by atoms with Crippen molar-refractivity contribution >= 4 is 16.5 Å². The van der Waals surface area contributed by atoms with Gasteiger partial charge in [-0.05, 0) is 90.1 Å². The second-order valence-electron chi connectivity index (χ2n) is 10.4. The van der Waals surface area contributed by atoms with Gasteiger partial charge >= 0.3 is 0 Å². The molecule has 7 nitrogen and oxygen atoms in total. The number of benzene rings is 2. The first-order chi connectivity index (χ1) is 18.0. The standard InChI is InChI=1S/C29H31FN6O/c1-18-15-19(2)24-17-25(29(37)31-26(24)16-18)27(28-32-33-34-36(28)23-5-3-4-6-23)35-13-11-21(12-14-35)20-7-9-22(30)10-8-20/h7-11,15-17,23,27H,3-6,12-14H2,1-2H3,(H,31,37). The van der Waals surface area contributed by atoms with Crippen LogP contribution in [0.25, 0.3) is 16.5 Å². The number of tetrazole rings is 1. The molecule has 2 aromatic carbocycles. The summed E-state index contributed by atoms with van der Waals surface area (Å²) in [6.45, 7) is 5.48. The molecule has 0 saturated heterocycles. The number of aromatic nitrogens is 5. The van der Waals surface area contributed by atoms with E-state index in [2.05, 4.69) is 44.5 Å². The van der Waals surface area contributed by atoms with Gasteiger partial charge in [-0.15, -0.1) is 5.10 Å². The molecule has 4 aromatic rings. The van der Waals surface area contributed by atoms with Crippen molar-refractivity contribution in [2.75, 3.05) is 13.1 Å². The molecule has 1 aliphatic heterocycles.